The molecule has 28 heavy (non-hydrogen) atoms. The molecule has 1 aliphatic rings. The number of rotatable bonds is 6. The van der Waals surface area contributed by atoms with Crippen LogP contribution in [0.5, 0.6) is 0 Å². The zero-order chi connectivity index (χ0) is 20.1. The first-order valence-corrected chi connectivity index (χ1v) is 9.30. The van der Waals surface area contributed by atoms with E-state index in [0.29, 0.717) is 12.4 Å². The highest BCUT2D eigenvalue weighted by atomic mass is 16.6. The van der Waals surface area contributed by atoms with Crippen LogP contribution >= 0.6 is 0 Å². The summed E-state index contributed by atoms with van der Waals surface area (Å²) in [6.45, 7) is 5.56. The SMILES string of the molecule is CCc1cc(N2CCN(CC(=O)NC)CC2)nc(-c2ccc([N+](=O)[O-])cc2)n1. The van der Waals surface area contributed by atoms with Gasteiger partial charge in [-0.1, -0.05) is 6.92 Å². The van der Waals surface area contributed by atoms with Gasteiger partial charge in [0.05, 0.1) is 11.5 Å². The molecule has 1 amide bonds. The van der Waals surface area contributed by atoms with E-state index >= 15 is 0 Å². The van der Waals surface area contributed by atoms with Crippen molar-refractivity contribution in [3.63, 3.8) is 0 Å². The molecule has 2 aromatic rings. The van der Waals surface area contributed by atoms with Crippen LogP contribution in [0.25, 0.3) is 11.4 Å². The summed E-state index contributed by atoms with van der Waals surface area (Å²) in [5, 5.41) is 13.5. The molecule has 0 atom stereocenters. The Morgan fingerprint density at radius 1 is 1.18 bits per heavy atom. The van der Waals surface area contributed by atoms with Gasteiger partial charge in [0, 0.05) is 62.7 Å². The van der Waals surface area contributed by atoms with Crippen molar-refractivity contribution in [3.05, 3.63) is 46.1 Å². The number of benzene rings is 1. The summed E-state index contributed by atoms with van der Waals surface area (Å²) in [5.74, 6) is 1.43. The molecule has 9 heteroatoms. The van der Waals surface area contributed by atoms with Crippen molar-refractivity contribution in [1.82, 2.24) is 20.2 Å². The van der Waals surface area contributed by atoms with E-state index in [4.69, 9.17) is 4.98 Å². The number of nitro groups is 1. The van der Waals surface area contributed by atoms with Crippen LogP contribution in [-0.4, -0.2) is 65.5 Å². The maximum absolute atomic E-state index is 11.6. The zero-order valence-corrected chi connectivity index (χ0v) is 16.1. The second-order valence-electron chi connectivity index (χ2n) is 6.63. The van der Waals surface area contributed by atoms with Crippen molar-refractivity contribution in [2.24, 2.45) is 0 Å². The molecule has 1 N–H and O–H groups in total. The second kappa shape index (κ2) is 8.75. The summed E-state index contributed by atoms with van der Waals surface area (Å²) in [7, 11) is 1.64. The third kappa shape index (κ3) is 4.61. The van der Waals surface area contributed by atoms with Crippen LogP contribution in [0.1, 0.15) is 12.6 Å². The van der Waals surface area contributed by atoms with Gasteiger partial charge in [0.2, 0.25) is 5.91 Å². The number of carbonyl (C=O) groups excluding carboxylic acids is 1. The number of carbonyl (C=O) groups is 1. The zero-order valence-electron chi connectivity index (χ0n) is 16.1. The molecule has 1 aromatic carbocycles. The monoisotopic (exact) mass is 384 g/mol. The van der Waals surface area contributed by atoms with Gasteiger partial charge < -0.3 is 10.2 Å². The van der Waals surface area contributed by atoms with Crippen molar-refractivity contribution in [3.8, 4) is 11.4 Å². The average Bonchev–Trinajstić information content (AvgIpc) is 2.73. The van der Waals surface area contributed by atoms with Gasteiger partial charge in [-0.05, 0) is 18.6 Å². The van der Waals surface area contributed by atoms with E-state index < -0.39 is 4.92 Å². The summed E-state index contributed by atoms with van der Waals surface area (Å²) in [6.07, 6.45) is 0.770. The minimum atomic E-state index is -0.420. The standard InChI is InChI=1S/C19H24N6O3/c1-3-15-12-17(24-10-8-23(9-11-24)13-18(26)20-2)22-19(21-15)14-4-6-16(7-5-14)25(27)28/h4-7,12H,3,8-11,13H2,1-2H3,(H,20,26). The topological polar surface area (TPSA) is 104 Å². The molecule has 1 aromatic heterocycles. The largest absolute Gasteiger partial charge is 0.358 e. The Kier molecular flexibility index (Phi) is 6.15. The van der Waals surface area contributed by atoms with Crippen molar-refractivity contribution >= 4 is 17.4 Å². The Morgan fingerprint density at radius 3 is 2.43 bits per heavy atom. The molecule has 1 saturated heterocycles. The highest BCUT2D eigenvalue weighted by Crippen LogP contribution is 2.23. The predicted octanol–water partition coefficient (Wildman–Crippen LogP) is 1.48. The third-order valence-corrected chi connectivity index (χ3v) is 4.81. The lowest BCUT2D eigenvalue weighted by Gasteiger charge is -2.35. The number of piperazine rings is 1. The fraction of sp³-hybridized carbons (Fsp3) is 0.421. The Hall–Kier alpha value is -3.07. The normalized spacial score (nSPS) is 14.7. The molecule has 3 rings (SSSR count). The van der Waals surface area contributed by atoms with Crippen molar-refractivity contribution in [2.75, 3.05) is 44.7 Å². The third-order valence-electron chi connectivity index (χ3n) is 4.81. The first-order chi connectivity index (χ1) is 13.5. The van der Waals surface area contributed by atoms with Crippen LogP contribution in [0.4, 0.5) is 11.5 Å². The molecule has 1 aliphatic heterocycles. The van der Waals surface area contributed by atoms with E-state index in [1.807, 2.05) is 13.0 Å². The predicted molar refractivity (Wildman–Crippen MR) is 106 cm³/mol. The van der Waals surface area contributed by atoms with Crippen molar-refractivity contribution in [2.45, 2.75) is 13.3 Å². The molecule has 0 spiro atoms. The molecule has 0 unspecified atom stereocenters. The van der Waals surface area contributed by atoms with Gasteiger partial charge in [-0.3, -0.25) is 19.8 Å². The number of non-ortho nitro benzene ring substituents is 1. The Balaban J connectivity index is 1.78. The van der Waals surface area contributed by atoms with E-state index in [1.165, 1.54) is 12.1 Å². The van der Waals surface area contributed by atoms with Crippen LogP contribution in [0, 0.1) is 10.1 Å². The van der Waals surface area contributed by atoms with E-state index in [1.54, 1.807) is 19.2 Å². The van der Waals surface area contributed by atoms with Crippen LogP contribution in [0.3, 0.4) is 0 Å². The van der Waals surface area contributed by atoms with Crippen LogP contribution in [-0.2, 0) is 11.2 Å². The minimum absolute atomic E-state index is 0.0178. The smallest absolute Gasteiger partial charge is 0.269 e. The first kappa shape index (κ1) is 19.7. The molecular formula is C19H24N6O3. The van der Waals surface area contributed by atoms with Crippen LogP contribution < -0.4 is 10.2 Å². The molecule has 2 heterocycles. The van der Waals surface area contributed by atoms with E-state index in [-0.39, 0.29) is 11.6 Å². The summed E-state index contributed by atoms with van der Waals surface area (Å²) in [5.41, 5.74) is 1.72. The maximum atomic E-state index is 11.6. The number of aryl methyl sites for hydroxylation is 1. The Morgan fingerprint density at radius 2 is 1.86 bits per heavy atom. The number of nitro benzene ring substituents is 1. The molecule has 148 valence electrons. The average molecular weight is 384 g/mol. The summed E-state index contributed by atoms with van der Waals surface area (Å²) < 4.78 is 0. The first-order valence-electron chi connectivity index (χ1n) is 9.30. The molecule has 0 saturated carbocycles. The summed E-state index contributed by atoms with van der Waals surface area (Å²) in [4.78, 5) is 35.6. The Bertz CT molecular complexity index is 847. The second-order valence-corrected chi connectivity index (χ2v) is 6.63. The maximum Gasteiger partial charge on any atom is 0.269 e. The highest BCUT2D eigenvalue weighted by molar-refractivity contribution is 5.77. The lowest BCUT2D eigenvalue weighted by Crippen LogP contribution is -2.49. The lowest BCUT2D eigenvalue weighted by atomic mass is 10.2. The van der Waals surface area contributed by atoms with Gasteiger partial charge in [0.15, 0.2) is 5.82 Å². The van der Waals surface area contributed by atoms with Crippen molar-refractivity contribution < 1.29 is 9.72 Å². The number of likely N-dealkylation sites (N-methyl/N-ethyl adjacent to an activating group) is 1. The van der Waals surface area contributed by atoms with Gasteiger partial charge in [-0.25, -0.2) is 9.97 Å². The van der Waals surface area contributed by atoms with Crippen molar-refractivity contribution in [1.29, 1.82) is 0 Å². The quantitative estimate of drug-likeness (QED) is 0.594. The molecule has 1 fully saturated rings. The van der Waals surface area contributed by atoms with Crippen LogP contribution in [0.15, 0.2) is 30.3 Å². The number of hydrogen-bond donors (Lipinski definition) is 1. The minimum Gasteiger partial charge on any atom is -0.358 e. The number of anilines is 1. The van der Waals surface area contributed by atoms with Gasteiger partial charge in [-0.15, -0.1) is 0 Å². The van der Waals surface area contributed by atoms with Crippen LogP contribution in [0.2, 0.25) is 0 Å². The fourth-order valence-corrected chi connectivity index (χ4v) is 3.10. The number of nitrogens with zero attached hydrogens (tertiary/aromatic N) is 5. The molecular weight excluding hydrogens is 360 g/mol. The van der Waals surface area contributed by atoms with Gasteiger partial charge in [0.25, 0.3) is 5.69 Å². The van der Waals surface area contributed by atoms with Gasteiger partial charge in [-0.2, -0.15) is 0 Å². The lowest BCUT2D eigenvalue weighted by molar-refractivity contribution is -0.384. The number of nitrogens with one attached hydrogen (secondary N) is 1. The van der Waals surface area contributed by atoms with E-state index in [2.05, 4.69) is 20.1 Å². The molecule has 0 aliphatic carbocycles. The molecule has 9 nitrogen and oxygen atoms in total. The molecule has 0 radical (unpaired) electrons. The number of hydrogen-bond acceptors (Lipinski definition) is 7. The van der Waals surface area contributed by atoms with E-state index in [0.717, 1.165) is 49.7 Å². The van der Waals surface area contributed by atoms with E-state index in [9.17, 15) is 14.9 Å². The van der Waals surface area contributed by atoms with Gasteiger partial charge in [0.1, 0.15) is 5.82 Å². The summed E-state index contributed by atoms with van der Waals surface area (Å²) in [6, 6.07) is 8.28. The number of aromatic nitrogens is 2. The highest BCUT2D eigenvalue weighted by Gasteiger charge is 2.21. The Labute approximate surface area is 163 Å². The molecule has 0 bridgehead atoms. The summed E-state index contributed by atoms with van der Waals surface area (Å²) >= 11 is 0. The number of amides is 1. The fourth-order valence-electron chi connectivity index (χ4n) is 3.10. The van der Waals surface area contributed by atoms with Gasteiger partial charge >= 0.3 is 0 Å².